The minimum Gasteiger partial charge on any atom is -0.273 e. The van der Waals surface area contributed by atoms with E-state index in [0.29, 0.717) is 26.9 Å². The van der Waals surface area contributed by atoms with Crippen LogP contribution in [-0.2, 0) is 16.0 Å². The number of amides is 4. The lowest BCUT2D eigenvalue weighted by Gasteiger charge is -2.26. The molecule has 0 aromatic heterocycles. The van der Waals surface area contributed by atoms with Crippen molar-refractivity contribution in [1.29, 1.82) is 0 Å². The van der Waals surface area contributed by atoms with Gasteiger partial charge in [-0.3, -0.25) is 25.0 Å². The fourth-order valence-corrected chi connectivity index (χ4v) is 3.98. The molecule has 0 radical (unpaired) electrons. The number of rotatable bonds is 5. The van der Waals surface area contributed by atoms with Gasteiger partial charge in [-0.25, -0.2) is 14.1 Å². The smallest absolute Gasteiger partial charge is 0.273 e. The van der Waals surface area contributed by atoms with Gasteiger partial charge in [-0.15, -0.1) is 0 Å². The van der Waals surface area contributed by atoms with Gasteiger partial charge in [-0.2, -0.15) is 0 Å². The quantitative estimate of drug-likeness (QED) is 0.224. The van der Waals surface area contributed by atoms with Gasteiger partial charge >= 0.3 is 6.03 Å². The maximum absolute atomic E-state index is 14.0. The van der Waals surface area contributed by atoms with E-state index in [4.69, 9.17) is 0 Å². The van der Waals surface area contributed by atoms with Crippen LogP contribution in [0.25, 0.3) is 6.08 Å². The Bertz CT molecular complexity index is 1390. The molecule has 3 aromatic carbocycles. The fraction of sp³-hybridized carbons (Fsp3) is 0.0417. The Labute approximate surface area is 201 Å². The van der Waals surface area contributed by atoms with Gasteiger partial charge in [-0.05, 0) is 41.0 Å². The number of imide groups is 2. The molecule has 8 nitrogen and oxygen atoms in total. The van der Waals surface area contributed by atoms with E-state index in [9.17, 15) is 28.9 Å². The van der Waals surface area contributed by atoms with Crippen molar-refractivity contribution in [3.8, 4) is 0 Å². The summed E-state index contributed by atoms with van der Waals surface area (Å²) >= 11 is 3.44. The molecule has 0 aliphatic carbocycles. The Hall–Kier alpha value is -4.18. The van der Waals surface area contributed by atoms with E-state index in [0.717, 1.165) is 11.6 Å². The van der Waals surface area contributed by atoms with E-state index >= 15 is 0 Å². The minimum atomic E-state index is -1.01. The summed E-state index contributed by atoms with van der Waals surface area (Å²) < 4.78 is 14.6. The van der Waals surface area contributed by atoms with Crippen LogP contribution in [-0.4, -0.2) is 22.8 Å². The Balaban J connectivity index is 1.64. The van der Waals surface area contributed by atoms with Gasteiger partial charge in [0.2, 0.25) is 0 Å². The number of carbonyl (C=O) groups is 3. The van der Waals surface area contributed by atoms with Gasteiger partial charge in [0.15, 0.2) is 0 Å². The summed E-state index contributed by atoms with van der Waals surface area (Å²) in [6, 6.07) is 15.4. The third-order valence-corrected chi connectivity index (χ3v) is 5.87. The number of nitro benzene ring substituents is 1. The van der Waals surface area contributed by atoms with E-state index < -0.39 is 22.8 Å². The number of barbiturate groups is 1. The van der Waals surface area contributed by atoms with Gasteiger partial charge < -0.3 is 0 Å². The molecule has 0 atom stereocenters. The number of halogens is 2. The van der Waals surface area contributed by atoms with Gasteiger partial charge in [-0.1, -0.05) is 52.3 Å². The molecule has 0 spiro atoms. The Morgan fingerprint density at radius 1 is 1.00 bits per heavy atom. The van der Waals surface area contributed by atoms with Gasteiger partial charge in [0.1, 0.15) is 11.4 Å². The SMILES string of the molecule is O=C1NC(=O)N(c2cccc([N+](=O)[O-])c2)C(=O)/C1=C/c1ccc(Cc2ccccc2F)c(Br)c1. The van der Waals surface area contributed by atoms with Crippen molar-refractivity contribution in [3.05, 3.63) is 109 Å². The van der Waals surface area contributed by atoms with Crippen molar-refractivity contribution in [2.45, 2.75) is 6.42 Å². The summed E-state index contributed by atoms with van der Waals surface area (Å²) in [6.07, 6.45) is 1.64. The summed E-state index contributed by atoms with van der Waals surface area (Å²) in [7, 11) is 0. The van der Waals surface area contributed by atoms with E-state index in [1.165, 1.54) is 30.3 Å². The van der Waals surface area contributed by atoms with Crippen LogP contribution in [0.1, 0.15) is 16.7 Å². The molecule has 170 valence electrons. The van der Waals surface area contributed by atoms with E-state index in [1.807, 2.05) is 0 Å². The zero-order valence-electron chi connectivity index (χ0n) is 17.3. The van der Waals surface area contributed by atoms with E-state index in [1.54, 1.807) is 36.4 Å². The average molecular weight is 524 g/mol. The van der Waals surface area contributed by atoms with Gasteiger partial charge in [0.05, 0.1) is 10.6 Å². The number of non-ortho nitro benzene ring substituents is 1. The maximum Gasteiger partial charge on any atom is 0.335 e. The second-order valence-electron chi connectivity index (χ2n) is 7.35. The molecule has 1 aliphatic rings. The summed E-state index contributed by atoms with van der Waals surface area (Å²) in [5.74, 6) is -2.12. The highest BCUT2D eigenvalue weighted by atomic mass is 79.9. The summed E-state index contributed by atoms with van der Waals surface area (Å²) in [5, 5.41) is 13.1. The molecule has 1 N–H and O–H groups in total. The van der Waals surface area contributed by atoms with Crippen LogP contribution in [0.15, 0.2) is 76.8 Å². The number of nitrogens with one attached hydrogen (secondary N) is 1. The standard InChI is InChI=1S/C24H15BrFN3O5/c25-20-11-14(8-9-15(20)12-16-4-1-2-7-21(16)26)10-19-22(30)27-24(32)28(23(19)31)17-5-3-6-18(13-17)29(33)34/h1-11,13H,12H2,(H,27,30,32)/b19-10+. The molecule has 4 amide bonds. The van der Waals surface area contributed by atoms with Crippen LogP contribution in [0.4, 0.5) is 20.6 Å². The fourth-order valence-electron chi connectivity index (χ4n) is 3.45. The van der Waals surface area contributed by atoms with Gasteiger partial charge in [0, 0.05) is 23.0 Å². The Kier molecular flexibility index (Phi) is 6.33. The Morgan fingerprint density at radius 2 is 1.76 bits per heavy atom. The first-order valence-corrected chi connectivity index (χ1v) is 10.7. The normalized spacial score (nSPS) is 14.9. The molecule has 1 fully saturated rings. The van der Waals surface area contributed by atoms with Crippen LogP contribution in [0, 0.1) is 15.9 Å². The van der Waals surface area contributed by atoms with Crippen molar-refractivity contribution in [2.24, 2.45) is 0 Å². The van der Waals surface area contributed by atoms with Crippen molar-refractivity contribution in [2.75, 3.05) is 4.90 Å². The molecule has 1 heterocycles. The first-order chi connectivity index (χ1) is 16.2. The van der Waals surface area contributed by atoms with Crippen molar-refractivity contribution in [1.82, 2.24) is 5.32 Å². The second kappa shape index (κ2) is 9.36. The molecule has 1 aliphatic heterocycles. The topological polar surface area (TPSA) is 110 Å². The molecule has 1 saturated heterocycles. The van der Waals surface area contributed by atoms with Crippen LogP contribution in [0.5, 0.6) is 0 Å². The monoisotopic (exact) mass is 523 g/mol. The third-order valence-electron chi connectivity index (χ3n) is 5.13. The first-order valence-electron chi connectivity index (χ1n) is 9.92. The lowest BCUT2D eigenvalue weighted by Crippen LogP contribution is -2.54. The molecule has 0 saturated carbocycles. The molecular formula is C24H15BrFN3O5. The van der Waals surface area contributed by atoms with Crippen molar-refractivity contribution in [3.63, 3.8) is 0 Å². The summed E-state index contributed by atoms with van der Waals surface area (Å²) in [5.41, 5.74) is 1.12. The lowest BCUT2D eigenvalue weighted by molar-refractivity contribution is -0.384. The van der Waals surface area contributed by atoms with Crippen LogP contribution >= 0.6 is 15.9 Å². The highest BCUT2D eigenvalue weighted by Gasteiger charge is 2.37. The predicted molar refractivity (Wildman–Crippen MR) is 125 cm³/mol. The van der Waals surface area contributed by atoms with Crippen molar-refractivity contribution >= 4 is 51.2 Å². The summed E-state index contributed by atoms with van der Waals surface area (Å²) in [4.78, 5) is 48.8. The predicted octanol–water partition coefficient (Wildman–Crippen LogP) is 4.75. The highest BCUT2D eigenvalue weighted by molar-refractivity contribution is 9.10. The number of nitro groups is 1. The Morgan fingerprint density at radius 3 is 2.47 bits per heavy atom. The number of hydrogen-bond acceptors (Lipinski definition) is 5. The number of hydrogen-bond donors (Lipinski definition) is 1. The number of benzene rings is 3. The van der Waals surface area contributed by atoms with E-state index in [-0.39, 0.29) is 22.8 Å². The van der Waals surface area contributed by atoms with Crippen LogP contribution in [0.3, 0.4) is 0 Å². The summed E-state index contributed by atoms with van der Waals surface area (Å²) in [6.45, 7) is 0. The molecule has 0 unspecified atom stereocenters. The number of anilines is 1. The van der Waals surface area contributed by atoms with E-state index in [2.05, 4.69) is 21.2 Å². The van der Waals surface area contributed by atoms with Gasteiger partial charge in [0.25, 0.3) is 17.5 Å². The molecule has 10 heteroatoms. The first kappa shape index (κ1) is 23.0. The number of urea groups is 1. The zero-order chi connectivity index (χ0) is 24.4. The average Bonchev–Trinajstić information content (AvgIpc) is 2.80. The molecule has 34 heavy (non-hydrogen) atoms. The minimum absolute atomic E-state index is 0.0449. The second-order valence-corrected chi connectivity index (χ2v) is 8.21. The van der Waals surface area contributed by atoms with Crippen LogP contribution < -0.4 is 10.2 Å². The highest BCUT2D eigenvalue weighted by Crippen LogP contribution is 2.27. The lowest BCUT2D eigenvalue weighted by atomic mass is 10.0. The molecular weight excluding hydrogens is 509 g/mol. The maximum atomic E-state index is 14.0. The zero-order valence-corrected chi connectivity index (χ0v) is 18.9. The van der Waals surface area contributed by atoms with Crippen molar-refractivity contribution < 1.29 is 23.7 Å². The molecule has 0 bridgehead atoms. The molecule has 3 aromatic rings. The largest absolute Gasteiger partial charge is 0.335 e. The number of carbonyl (C=O) groups excluding carboxylic acids is 3. The number of nitrogens with zero attached hydrogens (tertiary/aromatic N) is 2. The van der Waals surface area contributed by atoms with Crippen LogP contribution in [0.2, 0.25) is 0 Å². The third kappa shape index (κ3) is 4.62. The molecule has 4 rings (SSSR count).